The van der Waals surface area contributed by atoms with E-state index in [1.807, 2.05) is 0 Å². The second-order valence-corrected chi connectivity index (χ2v) is 16.4. The van der Waals surface area contributed by atoms with Gasteiger partial charge in [-0.2, -0.15) is 0 Å². The van der Waals surface area contributed by atoms with Crippen molar-refractivity contribution in [2.45, 2.75) is 105 Å². The van der Waals surface area contributed by atoms with Crippen LogP contribution in [0.5, 0.6) is 0 Å². The average molecular weight is 633 g/mol. The molecule has 3 aromatic rings. The maximum Gasteiger partial charge on any atom is 0.0142 e. The van der Waals surface area contributed by atoms with Crippen LogP contribution in [0.15, 0.2) is 54.6 Å². The molecule has 0 atom stereocenters. The van der Waals surface area contributed by atoms with Gasteiger partial charge in [-0.05, 0) is 107 Å². The summed E-state index contributed by atoms with van der Waals surface area (Å²) in [6.45, 7) is 27.5. The molecule has 0 spiro atoms. The quantitative estimate of drug-likeness (QED) is 0.198. The lowest BCUT2D eigenvalue weighted by atomic mass is 9.79. The Morgan fingerprint density at radius 3 is 0.821 bits per heavy atom. The minimum Gasteiger partial charge on any atom is -0.0561 e. The molecule has 0 bridgehead atoms. The van der Waals surface area contributed by atoms with Gasteiger partial charge in [0.05, 0.1) is 0 Å². The molecule has 0 amide bonds. The van der Waals surface area contributed by atoms with Crippen LogP contribution in [0.25, 0.3) is 24.3 Å². The predicted molar refractivity (Wildman–Crippen MR) is 185 cm³/mol. The molecule has 3 aromatic carbocycles. The first-order valence-corrected chi connectivity index (χ1v) is 15.3. The van der Waals surface area contributed by atoms with Crippen molar-refractivity contribution in [3.63, 3.8) is 0 Å². The molecule has 3 rings (SSSR count). The maximum atomic E-state index is 2.44. The summed E-state index contributed by atoms with van der Waals surface area (Å²) in [7, 11) is 0. The van der Waals surface area contributed by atoms with E-state index in [1.54, 1.807) is 0 Å². The Bertz CT molecular complexity index is 1200. The zero-order chi connectivity index (χ0) is 29.4. The first kappa shape index (κ1) is 31.4. The van der Waals surface area contributed by atoms with Gasteiger partial charge in [0, 0.05) is 3.57 Å². The van der Waals surface area contributed by atoms with Gasteiger partial charge in [0.1, 0.15) is 0 Å². The molecule has 0 aliphatic rings. The molecule has 0 heterocycles. The largest absolute Gasteiger partial charge is 0.0561 e. The zero-order valence-electron chi connectivity index (χ0n) is 26.4. The minimum absolute atomic E-state index is 0.112. The summed E-state index contributed by atoms with van der Waals surface area (Å²) < 4.78 is 1.24. The van der Waals surface area contributed by atoms with Crippen molar-refractivity contribution in [3.05, 3.63) is 103 Å². The van der Waals surface area contributed by atoms with Crippen LogP contribution in [-0.4, -0.2) is 0 Å². The van der Waals surface area contributed by atoms with E-state index >= 15 is 0 Å². The molecule has 0 aliphatic heterocycles. The smallest absolute Gasteiger partial charge is 0.0142 e. The highest BCUT2D eigenvalue weighted by atomic mass is 127. The molecule has 0 nitrogen and oxygen atoms in total. The fourth-order valence-corrected chi connectivity index (χ4v) is 5.16. The van der Waals surface area contributed by atoms with Crippen LogP contribution in [0.4, 0.5) is 0 Å². The van der Waals surface area contributed by atoms with Gasteiger partial charge in [-0.3, -0.25) is 0 Å². The zero-order valence-corrected chi connectivity index (χ0v) is 28.5. The predicted octanol–water partition coefficient (Wildman–Crippen LogP) is 11.8. The van der Waals surface area contributed by atoms with E-state index in [1.165, 1.54) is 48.1 Å². The summed E-state index contributed by atoms with van der Waals surface area (Å²) in [4.78, 5) is 0. The van der Waals surface area contributed by atoms with Gasteiger partial charge < -0.3 is 0 Å². The Labute approximate surface area is 253 Å². The van der Waals surface area contributed by atoms with Gasteiger partial charge in [-0.25, -0.2) is 0 Å². The molecule has 208 valence electrons. The van der Waals surface area contributed by atoms with Crippen LogP contribution in [0.3, 0.4) is 0 Å². The van der Waals surface area contributed by atoms with E-state index in [4.69, 9.17) is 0 Å². The SMILES string of the molecule is CC(C)(C)c1cc(C=Cc2cc(I)cc(C=Cc3cc(C(C)(C)C)cc(C(C)(C)C)c3)c2)cc(C(C)(C)C)c1. The molecule has 0 saturated carbocycles. The van der Waals surface area contributed by atoms with Crippen LogP contribution in [0, 0.1) is 3.57 Å². The van der Waals surface area contributed by atoms with Crippen molar-refractivity contribution in [2.75, 3.05) is 0 Å². The van der Waals surface area contributed by atoms with Gasteiger partial charge in [0.2, 0.25) is 0 Å². The number of halogens is 1. The third-order valence-electron chi connectivity index (χ3n) is 7.25. The number of rotatable bonds is 4. The molecule has 0 N–H and O–H groups in total. The van der Waals surface area contributed by atoms with Gasteiger partial charge >= 0.3 is 0 Å². The van der Waals surface area contributed by atoms with Crippen molar-refractivity contribution in [1.82, 2.24) is 0 Å². The van der Waals surface area contributed by atoms with E-state index in [9.17, 15) is 0 Å². The van der Waals surface area contributed by atoms with E-state index in [-0.39, 0.29) is 21.7 Å². The summed E-state index contributed by atoms with van der Waals surface area (Å²) in [6, 6.07) is 20.9. The van der Waals surface area contributed by atoms with Crippen molar-refractivity contribution < 1.29 is 0 Å². The summed E-state index contributed by atoms with van der Waals surface area (Å²) >= 11 is 2.44. The Kier molecular flexibility index (Phi) is 9.17. The molecule has 0 fully saturated rings. The fourth-order valence-electron chi connectivity index (χ4n) is 4.44. The van der Waals surface area contributed by atoms with Crippen LogP contribution in [0.1, 0.15) is 128 Å². The normalized spacial score (nSPS) is 13.6. The van der Waals surface area contributed by atoms with Crippen LogP contribution < -0.4 is 0 Å². The van der Waals surface area contributed by atoms with E-state index in [2.05, 4.69) is 185 Å². The topological polar surface area (TPSA) is 0 Å². The summed E-state index contributed by atoms with van der Waals surface area (Å²) in [5.41, 5.74) is 10.9. The van der Waals surface area contributed by atoms with Crippen molar-refractivity contribution in [3.8, 4) is 0 Å². The number of hydrogen-bond acceptors (Lipinski definition) is 0. The molecular formula is C38H49I. The standard InChI is InChI=1S/C38H49I/c1-35(2,3)30-18-28(19-31(24-30)36(4,5)6)15-13-26-17-27(23-34(39)22-26)14-16-29-20-32(37(7,8)9)25-33(21-29)38(10,11)12/h13-25H,1-12H3. The monoisotopic (exact) mass is 632 g/mol. The average Bonchev–Trinajstić information content (AvgIpc) is 2.78. The lowest BCUT2D eigenvalue weighted by molar-refractivity contribution is 0.568. The molecule has 0 saturated heterocycles. The lowest BCUT2D eigenvalue weighted by Crippen LogP contribution is -2.16. The molecule has 0 aliphatic carbocycles. The van der Waals surface area contributed by atoms with Gasteiger partial charge in [0.15, 0.2) is 0 Å². The van der Waals surface area contributed by atoms with E-state index in [0.29, 0.717) is 0 Å². The first-order valence-electron chi connectivity index (χ1n) is 14.2. The van der Waals surface area contributed by atoms with Crippen molar-refractivity contribution in [1.29, 1.82) is 0 Å². The highest BCUT2D eigenvalue weighted by Gasteiger charge is 2.21. The summed E-state index contributed by atoms with van der Waals surface area (Å²) in [5, 5.41) is 0. The summed E-state index contributed by atoms with van der Waals surface area (Å²) in [6.07, 6.45) is 9.05. The first-order chi connectivity index (χ1) is 17.7. The second-order valence-electron chi connectivity index (χ2n) is 15.2. The van der Waals surface area contributed by atoms with Gasteiger partial charge in [-0.15, -0.1) is 0 Å². The van der Waals surface area contributed by atoms with Crippen LogP contribution in [-0.2, 0) is 21.7 Å². The number of hydrogen-bond donors (Lipinski definition) is 0. The molecule has 1 heteroatoms. The molecule has 0 aromatic heterocycles. The van der Waals surface area contributed by atoms with E-state index in [0.717, 1.165) is 0 Å². The highest BCUT2D eigenvalue weighted by molar-refractivity contribution is 14.1. The Morgan fingerprint density at radius 2 is 0.590 bits per heavy atom. The van der Waals surface area contributed by atoms with Crippen molar-refractivity contribution in [2.24, 2.45) is 0 Å². The molecule has 39 heavy (non-hydrogen) atoms. The third kappa shape index (κ3) is 8.93. The lowest BCUT2D eigenvalue weighted by Gasteiger charge is -2.25. The van der Waals surface area contributed by atoms with E-state index < -0.39 is 0 Å². The van der Waals surface area contributed by atoms with Crippen molar-refractivity contribution >= 4 is 46.9 Å². The Balaban J connectivity index is 1.98. The Morgan fingerprint density at radius 1 is 0.359 bits per heavy atom. The van der Waals surface area contributed by atoms with Crippen LogP contribution in [0.2, 0.25) is 0 Å². The highest BCUT2D eigenvalue weighted by Crippen LogP contribution is 2.32. The van der Waals surface area contributed by atoms with Gasteiger partial charge in [0.25, 0.3) is 0 Å². The third-order valence-corrected chi connectivity index (χ3v) is 7.88. The molecule has 0 radical (unpaired) electrons. The molecule has 0 unspecified atom stereocenters. The summed E-state index contributed by atoms with van der Waals surface area (Å²) in [5.74, 6) is 0. The Hall–Kier alpha value is -2.13. The van der Waals surface area contributed by atoms with Gasteiger partial charge in [-0.1, -0.05) is 144 Å². The minimum atomic E-state index is 0.112. The maximum absolute atomic E-state index is 2.44. The van der Waals surface area contributed by atoms with Crippen LogP contribution >= 0.6 is 22.6 Å². The fraction of sp³-hybridized carbons (Fsp3) is 0.421. The molecular weight excluding hydrogens is 583 g/mol. The number of benzene rings is 3. The second kappa shape index (κ2) is 11.4.